The second-order valence-electron chi connectivity index (χ2n) is 5.86. The molecular weight excluding hydrogens is 232 g/mol. The van der Waals surface area contributed by atoms with Crippen LogP contribution in [0.25, 0.3) is 0 Å². The van der Waals surface area contributed by atoms with Crippen molar-refractivity contribution in [1.29, 1.82) is 0 Å². The van der Waals surface area contributed by atoms with Gasteiger partial charge in [0, 0.05) is 25.0 Å². The molecule has 2 atom stereocenters. The minimum Gasteiger partial charge on any atom is -0.481 e. The number of hydrogen-bond donors (Lipinski definition) is 2. The van der Waals surface area contributed by atoms with Gasteiger partial charge in [-0.2, -0.15) is 0 Å². The molecule has 0 radical (unpaired) electrons. The van der Waals surface area contributed by atoms with Gasteiger partial charge in [0.2, 0.25) is 0 Å². The summed E-state index contributed by atoms with van der Waals surface area (Å²) in [5.74, 6) is 1.43. The molecule has 5 heteroatoms. The molecule has 5 nitrogen and oxygen atoms in total. The number of likely N-dealkylation sites (tertiary alicyclic amines) is 1. The number of carboxylic acids is 1. The highest BCUT2D eigenvalue weighted by Gasteiger charge is 2.54. The Morgan fingerprint density at radius 2 is 1.83 bits per heavy atom. The highest BCUT2D eigenvalue weighted by Crippen LogP contribution is 2.52. The molecule has 0 spiro atoms. The predicted octanol–water partition coefficient (Wildman–Crippen LogP) is 1.29. The predicted molar refractivity (Wildman–Crippen MR) is 65.1 cm³/mol. The first-order valence-electron chi connectivity index (χ1n) is 6.93. The van der Waals surface area contributed by atoms with Crippen LogP contribution in [-0.4, -0.2) is 41.1 Å². The lowest BCUT2D eigenvalue weighted by molar-refractivity contribution is -0.136. The van der Waals surface area contributed by atoms with Gasteiger partial charge in [0.15, 0.2) is 0 Å². The van der Waals surface area contributed by atoms with Crippen molar-refractivity contribution in [2.24, 2.45) is 17.8 Å². The van der Waals surface area contributed by atoms with Crippen LogP contribution in [0.3, 0.4) is 0 Å². The Morgan fingerprint density at radius 1 is 1.17 bits per heavy atom. The normalized spacial score (nSPS) is 30.8. The van der Waals surface area contributed by atoms with Crippen LogP contribution in [0.5, 0.6) is 0 Å². The summed E-state index contributed by atoms with van der Waals surface area (Å²) in [4.78, 5) is 24.3. The molecule has 3 rings (SSSR count). The molecule has 0 aromatic carbocycles. The number of rotatable bonds is 5. The van der Waals surface area contributed by atoms with Gasteiger partial charge in [-0.3, -0.25) is 4.79 Å². The summed E-state index contributed by atoms with van der Waals surface area (Å²) in [5.41, 5.74) is 0. The number of carboxylic acid groups (broad SMARTS) is 1. The first kappa shape index (κ1) is 11.8. The standard InChI is InChI=1S/C13H20N2O3/c16-11(17)5-6-14-13(18)15-7-10(8-1-2-8)12(15)9-3-4-9/h8-10,12H,1-7H2,(H,14,18)(H,16,17). The molecule has 3 aliphatic rings. The average Bonchev–Trinajstić information content (AvgIpc) is 3.08. The molecule has 2 amide bonds. The summed E-state index contributed by atoms with van der Waals surface area (Å²) in [6.07, 6.45) is 5.18. The molecule has 2 unspecified atom stereocenters. The molecule has 2 N–H and O–H groups in total. The zero-order valence-corrected chi connectivity index (χ0v) is 10.5. The van der Waals surface area contributed by atoms with E-state index in [9.17, 15) is 9.59 Å². The fraction of sp³-hybridized carbons (Fsp3) is 0.846. The molecular formula is C13H20N2O3. The van der Waals surface area contributed by atoms with Crippen molar-refractivity contribution in [3.63, 3.8) is 0 Å². The van der Waals surface area contributed by atoms with Gasteiger partial charge >= 0.3 is 12.0 Å². The van der Waals surface area contributed by atoms with Crippen molar-refractivity contribution in [1.82, 2.24) is 10.2 Å². The van der Waals surface area contributed by atoms with Crippen molar-refractivity contribution < 1.29 is 14.7 Å². The molecule has 0 aromatic rings. The highest BCUT2D eigenvalue weighted by molar-refractivity contribution is 5.76. The zero-order valence-electron chi connectivity index (χ0n) is 10.5. The first-order chi connectivity index (χ1) is 8.66. The summed E-state index contributed by atoms with van der Waals surface area (Å²) in [7, 11) is 0. The largest absolute Gasteiger partial charge is 0.481 e. The van der Waals surface area contributed by atoms with E-state index in [0.29, 0.717) is 6.04 Å². The summed E-state index contributed by atoms with van der Waals surface area (Å²) in [6, 6.07) is 0.382. The van der Waals surface area contributed by atoms with Crippen LogP contribution in [-0.2, 0) is 4.79 Å². The molecule has 100 valence electrons. The second-order valence-corrected chi connectivity index (χ2v) is 5.86. The fourth-order valence-corrected chi connectivity index (χ4v) is 3.14. The minimum absolute atomic E-state index is 0.000269. The molecule has 2 saturated carbocycles. The third-order valence-corrected chi connectivity index (χ3v) is 4.41. The molecule has 1 heterocycles. The van der Waals surface area contributed by atoms with Gasteiger partial charge in [0.05, 0.1) is 6.42 Å². The van der Waals surface area contributed by atoms with Gasteiger partial charge in [-0.1, -0.05) is 0 Å². The molecule has 18 heavy (non-hydrogen) atoms. The van der Waals surface area contributed by atoms with E-state index in [-0.39, 0.29) is 19.0 Å². The number of nitrogens with zero attached hydrogens (tertiary/aromatic N) is 1. The van der Waals surface area contributed by atoms with Crippen LogP contribution in [0.2, 0.25) is 0 Å². The van der Waals surface area contributed by atoms with Crippen molar-refractivity contribution in [2.75, 3.05) is 13.1 Å². The third kappa shape index (κ3) is 2.31. The number of nitrogens with one attached hydrogen (secondary N) is 1. The quantitative estimate of drug-likeness (QED) is 0.774. The van der Waals surface area contributed by atoms with Gasteiger partial charge in [0.25, 0.3) is 0 Å². The van der Waals surface area contributed by atoms with E-state index in [1.807, 2.05) is 4.90 Å². The minimum atomic E-state index is -0.867. The number of carbonyl (C=O) groups excluding carboxylic acids is 1. The summed E-state index contributed by atoms with van der Waals surface area (Å²) >= 11 is 0. The van der Waals surface area contributed by atoms with E-state index in [1.54, 1.807) is 0 Å². The lowest BCUT2D eigenvalue weighted by atomic mass is 9.81. The molecule has 0 aromatic heterocycles. The van der Waals surface area contributed by atoms with Crippen LogP contribution < -0.4 is 5.32 Å². The van der Waals surface area contributed by atoms with Gasteiger partial charge < -0.3 is 15.3 Å². The second kappa shape index (κ2) is 4.44. The Balaban J connectivity index is 1.49. The SMILES string of the molecule is O=C(O)CCNC(=O)N1CC(C2CC2)C1C1CC1. The third-order valence-electron chi connectivity index (χ3n) is 4.41. The van der Waals surface area contributed by atoms with E-state index >= 15 is 0 Å². The van der Waals surface area contributed by atoms with Crippen LogP contribution >= 0.6 is 0 Å². The Morgan fingerprint density at radius 3 is 2.39 bits per heavy atom. The fourth-order valence-electron chi connectivity index (χ4n) is 3.14. The van der Waals surface area contributed by atoms with Gasteiger partial charge in [-0.05, 0) is 37.5 Å². The number of carbonyl (C=O) groups is 2. The van der Waals surface area contributed by atoms with E-state index < -0.39 is 5.97 Å². The Labute approximate surface area is 107 Å². The van der Waals surface area contributed by atoms with Crippen LogP contribution in [0.1, 0.15) is 32.1 Å². The average molecular weight is 252 g/mol. The molecule has 1 saturated heterocycles. The smallest absolute Gasteiger partial charge is 0.317 e. The van der Waals surface area contributed by atoms with Crippen LogP contribution in [0.15, 0.2) is 0 Å². The number of aliphatic carboxylic acids is 1. The molecule has 2 aliphatic carbocycles. The van der Waals surface area contributed by atoms with E-state index in [0.717, 1.165) is 24.3 Å². The lowest BCUT2D eigenvalue weighted by Gasteiger charge is -2.49. The van der Waals surface area contributed by atoms with Gasteiger partial charge in [-0.25, -0.2) is 4.79 Å². The van der Waals surface area contributed by atoms with Crippen LogP contribution in [0.4, 0.5) is 4.79 Å². The van der Waals surface area contributed by atoms with Gasteiger partial charge in [0.1, 0.15) is 0 Å². The lowest BCUT2D eigenvalue weighted by Crippen LogP contribution is -2.62. The van der Waals surface area contributed by atoms with Crippen molar-refractivity contribution in [3.05, 3.63) is 0 Å². The maximum absolute atomic E-state index is 12.0. The van der Waals surface area contributed by atoms with Crippen molar-refractivity contribution in [3.8, 4) is 0 Å². The molecule has 3 fully saturated rings. The zero-order chi connectivity index (χ0) is 12.7. The summed E-state index contributed by atoms with van der Waals surface area (Å²) in [6.45, 7) is 1.11. The number of urea groups is 1. The first-order valence-corrected chi connectivity index (χ1v) is 6.93. The molecule has 0 bridgehead atoms. The highest BCUT2D eigenvalue weighted by atomic mass is 16.4. The van der Waals surface area contributed by atoms with Gasteiger partial charge in [-0.15, -0.1) is 0 Å². The van der Waals surface area contributed by atoms with E-state index in [1.165, 1.54) is 25.7 Å². The Bertz CT molecular complexity index is 363. The molecule has 1 aliphatic heterocycles. The van der Waals surface area contributed by atoms with Crippen LogP contribution in [0, 0.1) is 17.8 Å². The van der Waals surface area contributed by atoms with Crippen molar-refractivity contribution in [2.45, 2.75) is 38.1 Å². The Kier molecular flexibility index (Phi) is 2.92. The number of hydrogen-bond acceptors (Lipinski definition) is 2. The Hall–Kier alpha value is -1.26. The number of amides is 2. The monoisotopic (exact) mass is 252 g/mol. The maximum Gasteiger partial charge on any atom is 0.317 e. The van der Waals surface area contributed by atoms with Crippen molar-refractivity contribution >= 4 is 12.0 Å². The summed E-state index contributed by atoms with van der Waals surface area (Å²) < 4.78 is 0. The summed E-state index contributed by atoms with van der Waals surface area (Å²) in [5, 5.41) is 11.3. The maximum atomic E-state index is 12.0. The topological polar surface area (TPSA) is 69.6 Å². The van der Waals surface area contributed by atoms with E-state index in [2.05, 4.69) is 5.32 Å². The van der Waals surface area contributed by atoms with E-state index in [4.69, 9.17) is 5.11 Å².